The van der Waals surface area contributed by atoms with E-state index in [9.17, 15) is 14.9 Å². The lowest BCUT2D eigenvalue weighted by Crippen LogP contribution is -2.36. The molecular formula is C15H28N2O5. The van der Waals surface area contributed by atoms with Gasteiger partial charge in [0.25, 0.3) is 5.09 Å². The molecule has 0 bridgehead atoms. The molecular weight excluding hydrogens is 288 g/mol. The van der Waals surface area contributed by atoms with Gasteiger partial charge in [0.15, 0.2) is 0 Å². The van der Waals surface area contributed by atoms with Gasteiger partial charge in [-0.15, -0.1) is 10.1 Å². The summed E-state index contributed by atoms with van der Waals surface area (Å²) in [6, 6.07) is 0. The van der Waals surface area contributed by atoms with Crippen molar-refractivity contribution in [3.05, 3.63) is 10.1 Å². The summed E-state index contributed by atoms with van der Waals surface area (Å²) in [4.78, 5) is 26.0. The van der Waals surface area contributed by atoms with Crippen LogP contribution in [0.1, 0.15) is 59.3 Å². The van der Waals surface area contributed by atoms with Crippen molar-refractivity contribution >= 4 is 6.09 Å². The maximum atomic E-state index is 11.6. The van der Waals surface area contributed by atoms with Gasteiger partial charge in [-0.1, -0.05) is 12.8 Å². The van der Waals surface area contributed by atoms with Gasteiger partial charge in [0.2, 0.25) is 0 Å². The third kappa shape index (κ3) is 8.69. The third-order valence-electron chi connectivity index (χ3n) is 3.85. The van der Waals surface area contributed by atoms with Gasteiger partial charge in [0.1, 0.15) is 5.60 Å². The van der Waals surface area contributed by atoms with E-state index in [0.29, 0.717) is 18.4 Å². The molecule has 1 aliphatic carbocycles. The molecule has 1 N–H and O–H groups in total. The van der Waals surface area contributed by atoms with Crippen LogP contribution in [0.5, 0.6) is 0 Å². The highest BCUT2D eigenvalue weighted by Crippen LogP contribution is 2.31. The summed E-state index contributed by atoms with van der Waals surface area (Å²) < 4.78 is 5.22. The van der Waals surface area contributed by atoms with E-state index in [1.54, 1.807) is 0 Å². The number of rotatable bonds is 7. The van der Waals surface area contributed by atoms with Crippen molar-refractivity contribution in [3.8, 4) is 0 Å². The number of hydrogen-bond acceptors (Lipinski definition) is 5. The number of nitrogens with zero attached hydrogens (tertiary/aromatic N) is 1. The maximum absolute atomic E-state index is 11.6. The van der Waals surface area contributed by atoms with Gasteiger partial charge in [-0.3, -0.25) is 0 Å². The smallest absolute Gasteiger partial charge is 0.407 e. The average Bonchev–Trinajstić information content (AvgIpc) is 2.40. The molecule has 128 valence electrons. The quantitative estimate of drug-likeness (QED) is 0.442. The number of amides is 1. The first kappa shape index (κ1) is 18.5. The van der Waals surface area contributed by atoms with Crippen molar-refractivity contribution < 1.29 is 19.5 Å². The summed E-state index contributed by atoms with van der Waals surface area (Å²) in [5.41, 5.74) is -0.465. The Labute approximate surface area is 131 Å². The van der Waals surface area contributed by atoms with Gasteiger partial charge in [0, 0.05) is 6.54 Å². The zero-order chi connectivity index (χ0) is 16.6. The van der Waals surface area contributed by atoms with Crippen LogP contribution in [0.3, 0.4) is 0 Å². The number of nitrogens with one attached hydrogen (secondary N) is 1. The molecule has 1 rings (SSSR count). The van der Waals surface area contributed by atoms with Crippen LogP contribution >= 0.6 is 0 Å². The maximum Gasteiger partial charge on any atom is 0.407 e. The van der Waals surface area contributed by atoms with E-state index in [4.69, 9.17) is 4.74 Å². The topological polar surface area (TPSA) is 90.7 Å². The van der Waals surface area contributed by atoms with E-state index in [1.165, 1.54) is 0 Å². The second kappa shape index (κ2) is 8.80. The van der Waals surface area contributed by atoms with E-state index in [0.717, 1.165) is 38.5 Å². The molecule has 0 spiro atoms. The minimum atomic E-state index is -0.737. The molecule has 0 aromatic rings. The first-order chi connectivity index (χ1) is 10.3. The Morgan fingerprint density at radius 2 is 1.82 bits per heavy atom. The van der Waals surface area contributed by atoms with Crippen molar-refractivity contribution in [2.24, 2.45) is 11.8 Å². The van der Waals surface area contributed by atoms with Crippen LogP contribution in [0.15, 0.2) is 0 Å². The van der Waals surface area contributed by atoms with Gasteiger partial charge in [-0.2, -0.15) is 0 Å². The molecule has 22 heavy (non-hydrogen) atoms. The average molecular weight is 316 g/mol. The van der Waals surface area contributed by atoms with Gasteiger partial charge in [0.05, 0.1) is 6.61 Å². The Balaban J connectivity index is 2.10. The van der Waals surface area contributed by atoms with Crippen LogP contribution in [0.2, 0.25) is 0 Å². The first-order valence-electron chi connectivity index (χ1n) is 8.00. The van der Waals surface area contributed by atoms with E-state index < -0.39 is 10.7 Å². The lowest BCUT2D eigenvalue weighted by molar-refractivity contribution is -0.757. The Kier molecular flexibility index (Phi) is 7.41. The van der Waals surface area contributed by atoms with Crippen molar-refractivity contribution in [1.82, 2.24) is 5.32 Å². The monoisotopic (exact) mass is 316 g/mol. The molecule has 0 unspecified atom stereocenters. The van der Waals surface area contributed by atoms with Crippen LogP contribution in [0.4, 0.5) is 4.79 Å². The number of hydrogen-bond donors (Lipinski definition) is 1. The summed E-state index contributed by atoms with van der Waals surface area (Å²) in [5, 5.41) is 12.1. The molecule has 7 nitrogen and oxygen atoms in total. The molecule has 1 aliphatic rings. The van der Waals surface area contributed by atoms with Crippen LogP contribution in [0, 0.1) is 22.0 Å². The van der Waals surface area contributed by atoms with Crippen LogP contribution in [-0.4, -0.2) is 29.9 Å². The fraction of sp³-hybridized carbons (Fsp3) is 0.933. The van der Waals surface area contributed by atoms with E-state index in [-0.39, 0.29) is 12.7 Å². The van der Waals surface area contributed by atoms with Crippen LogP contribution in [0.25, 0.3) is 0 Å². The Bertz CT molecular complexity index is 359. The zero-order valence-corrected chi connectivity index (χ0v) is 13.8. The van der Waals surface area contributed by atoms with Gasteiger partial charge in [-0.05, 0) is 58.3 Å². The lowest BCUT2D eigenvalue weighted by Gasteiger charge is -2.29. The number of carbonyl (C=O) groups excluding carboxylic acids is 1. The Morgan fingerprint density at radius 1 is 1.23 bits per heavy atom. The van der Waals surface area contributed by atoms with E-state index in [2.05, 4.69) is 10.2 Å². The van der Waals surface area contributed by atoms with E-state index >= 15 is 0 Å². The highest BCUT2D eigenvalue weighted by molar-refractivity contribution is 5.67. The molecule has 1 amide bonds. The van der Waals surface area contributed by atoms with Gasteiger partial charge < -0.3 is 14.9 Å². The Morgan fingerprint density at radius 3 is 2.36 bits per heavy atom. The molecule has 0 saturated heterocycles. The highest BCUT2D eigenvalue weighted by Gasteiger charge is 2.22. The van der Waals surface area contributed by atoms with Crippen molar-refractivity contribution in [2.75, 3.05) is 13.2 Å². The second-order valence-corrected chi connectivity index (χ2v) is 6.97. The summed E-state index contributed by atoms with van der Waals surface area (Å²) in [5.74, 6) is 1.12. The molecule has 1 saturated carbocycles. The summed E-state index contributed by atoms with van der Waals surface area (Å²) in [7, 11) is 0. The van der Waals surface area contributed by atoms with Gasteiger partial charge in [-0.25, -0.2) is 4.79 Å². The standard InChI is InChI=1S/C15H28N2O5/c1-15(2,3)22-14(18)16-11-13-8-6-12(7-9-13)5-4-10-21-17(19)20/h12-13H,4-11H2,1-3H3,(H,16,18). The summed E-state index contributed by atoms with van der Waals surface area (Å²) in [6.07, 6.45) is 5.73. The van der Waals surface area contributed by atoms with Crippen molar-refractivity contribution in [2.45, 2.75) is 64.9 Å². The minimum absolute atomic E-state index is 0.188. The third-order valence-corrected chi connectivity index (χ3v) is 3.85. The fourth-order valence-corrected chi connectivity index (χ4v) is 2.78. The highest BCUT2D eigenvalue weighted by atomic mass is 16.9. The summed E-state index contributed by atoms with van der Waals surface area (Å²) >= 11 is 0. The minimum Gasteiger partial charge on any atom is -0.444 e. The number of ether oxygens (including phenoxy) is 1. The zero-order valence-electron chi connectivity index (χ0n) is 13.8. The molecule has 0 atom stereocenters. The molecule has 0 radical (unpaired) electrons. The predicted molar refractivity (Wildman–Crippen MR) is 81.9 cm³/mol. The second-order valence-electron chi connectivity index (χ2n) is 6.97. The van der Waals surface area contributed by atoms with Crippen LogP contribution in [-0.2, 0) is 9.57 Å². The predicted octanol–water partition coefficient (Wildman–Crippen LogP) is 3.31. The SMILES string of the molecule is CC(C)(C)OC(=O)NCC1CCC(CCCO[N+](=O)[O-])CC1. The molecule has 1 fully saturated rings. The normalized spacial score (nSPS) is 22.0. The van der Waals surface area contributed by atoms with Crippen molar-refractivity contribution in [1.29, 1.82) is 0 Å². The molecule has 0 aliphatic heterocycles. The fourth-order valence-electron chi connectivity index (χ4n) is 2.78. The molecule has 0 aromatic carbocycles. The largest absolute Gasteiger partial charge is 0.444 e. The number of alkyl carbamates (subject to hydrolysis) is 1. The van der Waals surface area contributed by atoms with Crippen LogP contribution < -0.4 is 5.32 Å². The van der Waals surface area contributed by atoms with Gasteiger partial charge >= 0.3 is 6.09 Å². The van der Waals surface area contributed by atoms with Crippen molar-refractivity contribution in [3.63, 3.8) is 0 Å². The first-order valence-corrected chi connectivity index (χ1v) is 8.00. The number of carbonyl (C=O) groups is 1. The molecule has 7 heteroatoms. The summed E-state index contributed by atoms with van der Waals surface area (Å²) in [6.45, 7) is 6.39. The Hall–Kier alpha value is -1.53. The molecule has 0 heterocycles. The lowest BCUT2D eigenvalue weighted by atomic mass is 9.80. The molecule has 0 aromatic heterocycles. The van der Waals surface area contributed by atoms with E-state index in [1.807, 2.05) is 20.8 Å².